The van der Waals surface area contributed by atoms with E-state index < -0.39 is 5.41 Å². The first-order chi connectivity index (χ1) is 16.9. The normalized spacial score (nSPS) is 30.4. The molecule has 0 aliphatic heterocycles. The molecular formula is C27H30FN3O4. The van der Waals surface area contributed by atoms with Crippen molar-refractivity contribution in [3.8, 4) is 5.88 Å². The van der Waals surface area contributed by atoms with Crippen LogP contribution in [-0.4, -0.2) is 34.1 Å². The molecule has 7 nitrogen and oxygen atoms in total. The van der Waals surface area contributed by atoms with Gasteiger partial charge in [-0.2, -0.15) is 0 Å². The highest BCUT2D eigenvalue weighted by molar-refractivity contribution is 6.03. The summed E-state index contributed by atoms with van der Waals surface area (Å²) in [4.78, 5) is 26.2. The number of nitrogens with one attached hydrogen (secondary N) is 1. The number of hydrogen-bond acceptors (Lipinski definition) is 6. The number of nitrogens with zero attached hydrogens (tertiary/aromatic N) is 2. The Morgan fingerprint density at radius 2 is 2.11 bits per heavy atom. The lowest BCUT2D eigenvalue weighted by atomic mass is 9.54. The van der Waals surface area contributed by atoms with Crippen LogP contribution in [0.2, 0.25) is 0 Å². The molecule has 1 amide bonds. The molecule has 3 aliphatic carbocycles. The highest BCUT2D eigenvalue weighted by atomic mass is 19.1. The second-order valence-electron chi connectivity index (χ2n) is 10.2. The standard InChI is InChI=1S/C27H30FN3O4/c1-27-12-11-18-17-6-4-16(28)13-15(17)3-5-19(18)25(27)20(21(14-32)26(27)34)7-9-23(33)29-22-8-10-24(35-2)31-30-22/h4,6,8,10,13-14,18-20,25,32H,3,5,7,9,11-12H2,1-2H3,(H,29,30,33)/b21-14-/t18?,19?,20-,25?,27+/m1/s1. The smallest absolute Gasteiger partial charge is 0.233 e. The molecular weight excluding hydrogens is 449 g/mol. The van der Waals surface area contributed by atoms with Gasteiger partial charge in [0.25, 0.3) is 0 Å². The molecule has 2 aromatic rings. The Morgan fingerprint density at radius 1 is 1.29 bits per heavy atom. The monoisotopic (exact) mass is 479 g/mol. The van der Waals surface area contributed by atoms with Gasteiger partial charge in [-0.25, -0.2) is 4.39 Å². The van der Waals surface area contributed by atoms with Crippen molar-refractivity contribution in [2.75, 3.05) is 12.4 Å². The molecule has 2 saturated carbocycles. The average molecular weight is 480 g/mol. The lowest BCUT2D eigenvalue weighted by molar-refractivity contribution is -0.127. The first kappa shape index (κ1) is 23.5. The summed E-state index contributed by atoms with van der Waals surface area (Å²) in [6.45, 7) is 2.02. The Kier molecular flexibility index (Phi) is 6.07. The summed E-state index contributed by atoms with van der Waals surface area (Å²) in [7, 11) is 1.49. The van der Waals surface area contributed by atoms with Crippen LogP contribution in [0.15, 0.2) is 42.2 Å². The van der Waals surface area contributed by atoms with Gasteiger partial charge in [-0.3, -0.25) is 9.59 Å². The van der Waals surface area contributed by atoms with Crippen molar-refractivity contribution in [3.63, 3.8) is 0 Å². The van der Waals surface area contributed by atoms with Gasteiger partial charge in [0.15, 0.2) is 11.6 Å². The first-order valence-corrected chi connectivity index (χ1v) is 12.2. The Balaban J connectivity index is 1.37. The number of halogens is 1. The minimum atomic E-state index is -0.560. The third-order valence-electron chi connectivity index (χ3n) is 8.49. The maximum Gasteiger partial charge on any atom is 0.233 e. The van der Waals surface area contributed by atoms with Gasteiger partial charge in [0.1, 0.15) is 5.82 Å². The van der Waals surface area contributed by atoms with Crippen LogP contribution in [0.4, 0.5) is 10.2 Å². The van der Waals surface area contributed by atoms with Crippen LogP contribution in [-0.2, 0) is 16.0 Å². The summed E-state index contributed by atoms with van der Waals surface area (Å²) in [5.41, 5.74) is 2.12. The van der Waals surface area contributed by atoms with Crippen LogP contribution in [0.5, 0.6) is 5.88 Å². The van der Waals surface area contributed by atoms with Gasteiger partial charge < -0.3 is 15.2 Å². The van der Waals surface area contributed by atoms with Gasteiger partial charge >= 0.3 is 0 Å². The van der Waals surface area contributed by atoms with Crippen LogP contribution in [0.25, 0.3) is 0 Å². The largest absolute Gasteiger partial charge is 0.515 e. The molecule has 3 unspecified atom stereocenters. The predicted octanol–water partition coefficient (Wildman–Crippen LogP) is 4.75. The van der Waals surface area contributed by atoms with Gasteiger partial charge in [0, 0.05) is 23.5 Å². The van der Waals surface area contributed by atoms with Gasteiger partial charge in [0.2, 0.25) is 11.8 Å². The number of aryl methyl sites for hydroxylation is 1. The van der Waals surface area contributed by atoms with Gasteiger partial charge in [-0.15, -0.1) is 10.2 Å². The molecule has 1 aromatic heterocycles. The van der Waals surface area contributed by atoms with Crippen molar-refractivity contribution >= 4 is 17.5 Å². The fourth-order valence-corrected chi connectivity index (χ4v) is 6.98. The van der Waals surface area contributed by atoms with E-state index in [0.29, 0.717) is 23.7 Å². The first-order valence-electron chi connectivity index (χ1n) is 12.2. The molecule has 5 rings (SSSR count). The fraction of sp³-hybridized carbons (Fsp3) is 0.481. The third kappa shape index (κ3) is 3.98. The average Bonchev–Trinajstić information content (AvgIpc) is 3.08. The molecule has 35 heavy (non-hydrogen) atoms. The number of hydrogen-bond donors (Lipinski definition) is 2. The minimum Gasteiger partial charge on any atom is -0.515 e. The quantitative estimate of drug-likeness (QED) is 0.474. The molecule has 2 fully saturated rings. The number of aromatic nitrogens is 2. The molecule has 0 spiro atoms. The number of aliphatic hydroxyl groups excluding tert-OH is 1. The fourth-order valence-electron chi connectivity index (χ4n) is 6.98. The molecule has 2 N–H and O–H groups in total. The van der Waals surface area contributed by atoms with Crippen molar-refractivity contribution < 1.29 is 23.8 Å². The number of carbonyl (C=O) groups is 2. The predicted molar refractivity (Wildman–Crippen MR) is 127 cm³/mol. The Bertz CT molecular complexity index is 1180. The summed E-state index contributed by atoms with van der Waals surface area (Å²) in [6.07, 6.45) is 4.83. The second kappa shape index (κ2) is 9.06. The number of amides is 1. The lowest BCUT2D eigenvalue weighted by Crippen LogP contribution is -2.44. The SMILES string of the molecule is COc1ccc(NC(=O)CC[C@@H]2/C(=C/O)C(=O)[C@@]3(C)CCC4c5ccc(F)cc5CCC4C23)nn1. The zero-order valence-electron chi connectivity index (χ0n) is 20.0. The Hall–Kier alpha value is -3.29. The number of Topliss-reactive ketones (excluding diaryl/α,β-unsaturated/α-hetero) is 1. The number of carbonyl (C=O) groups excluding carboxylic acids is 2. The van der Waals surface area contributed by atoms with Crippen LogP contribution < -0.4 is 10.1 Å². The van der Waals surface area contributed by atoms with E-state index in [1.165, 1.54) is 18.7 Å². The molecule has 0 bridgehead atoms. The van der Waals surface area contributed by atoms with Crippen LogP contribution in [0.1, 0.15) is 56.1 Å². The number of rotatable bonds is 5. The van der Waals surface area contributed by atoms with Crippen molar-refractivity contribution in [2.24, 2.45) is 23.2 Å². The van der Waals surface area contributed by atoms with E-state index in [9.17, 15) is 19.1 Å². The molecule has 8 heteroatoms. The van der Waals surface area contributed by atoms with Crippen LogP contribution in [0.3, 0.4) is 0 Å². The van der Waals surface area contributed by atoms with E-state index in [0.717, 1.165) is 37.5 Å². The minimum absolute atomic E-state index is 0.000202. The maximum absolute atomic E-state index is 13.8. The molecule has 1 heterocycles. The van der Waals surface area contributed by atoms with Crippen molar-refractivity contribution in [1.29, 1.82) is 0 Å². The highest BCUT2D eigenvalue weighted by Gasteiger charge is 2.60. The molecule has 0 saturated heterocycles. The second-order valence-corrected chi connectivity index (χ2v) is 10.2. The van der Waals surface area contributed by atoms with Crippen molar-refractivity contribution in [3.05, 3.63) is 59.1 Å². The third-order valence-corrected chi connectivity index (χ3v) is 8.49. The van der Waals surface area contributed by atoms with Crippen LogP contribution >= 0.6 is 0 Å². The number of fused-ring (bicyclic) bond motifs is 5. The summed E-state index contributed by atoms with van der Waals surface area (Å²) < 4.78 is 18.8. The van der Waals surface area contributed by atoms with E-state index in [-0.39, 0.29) is 47.6 Å². The summed E-state index contributed by atoms with van der Waals surface area (Å²) in [5, 5.41) is 20.6. The molecule has 184 valence electrons. The van der Waals surface area contributed by atoms with Crippen molar-refractivity contribution in [2.45, 2.75) is 51.4 Å². The number of benzene rings is 1. The lowest BCUT2D eigenvalue weighted by Gasteiger charge is -2.49. The summed E-state index contributed by atoms with van der Waals surface area (Å²) in [5.74, 6) is 0.569. The highest BCUT2D eigenvalue weighted by Crippen LogP contribution is 2.63. The van der Waals surface area contributed by atoms with Gasteiger partial charge in [-0.05, 0) is 85.1 Å². The van der Waals surface area contributed by atoms with E-state index >= 15 is 0 Å². The molecule has 3 aliphatic rings. The molecule has 5 atom stereocenters. The maximum atomic E-state index is 13.8. The molecule has 0 radical (unpaired) electrons. The van der Waals surface area contributed by atoms with E-state index in [2.05, 4.69) is 15.5 Å². The number of ether oxygens (including phenoxy) is 1. The van der Waals surface area contributed by atoms with Gasteiger partial charge in [-0.1, -0.05) is 13.0 Å². The van der Waals surface area contributed by atoms with E-state index in [1.807, 2.05) is 13.0 Å². The zero-order chi connectivity index (χ0) is 24.7. The molecule has 1 aromatic carbocycles. The number of ketones is 1. The van der Waals surface area contributed by atoms with Crippen LogP contribution in [0, 0.1) is 29.0 Å². The Morgan fingerprint density at radius 3 is 2.83 bits per heavy atom. The van der Waals surface area contributed by atoms with E-state index in [4.69, 9.17) is 4.74 Å². The van der Waals surface area contributed by atoms with E-state index in [1.54, 1.807) is 18.2 Å². The van der Waals surface area contributed by atoms with Gasteiger partial charge in [0.05, 0.1) is 13.4 Å². The van der Waals surface area contributed by atoms with Crippen molar-refractivity contribution in [1.82, 2.24) is 10.2 Å². The number of allylic oxidation sites excluding steroid dienone is 1. The summed E-state index contributed by atoms with van der Waals surface area (Å²) in [6, 6.07) is 8.31. The number of anilines is 1. The zero-order valence-corrected chi connectivity index (χ0v) is 20.0. The number of aliphatic hydroxyl groups is 1. The topological polar surface area (TPSA) is 101 Å². The Labute approximate surface area is 203 Å². The number of methoxy groups -OCH3 is 1. The summed E-state index contributed by atoms with van der Waals surface area (Å²) >= 11 is 0.